The van der Waals surface area contributed by atoms with E-state index in [1.165, 1.54) is 6.08 Å². The van der Waals surface area contributed by atoms with Crippen molar-refractivity contribution in [3.8, 4) is 0 Å². The number of rotatable bonds is 4. The molecule has 2 N–H and O–H groups in total. The zero-order chi connectivity index (χ0) is 7.82. The summed E-state index contributed by atoms with van der Waals surface area (Å²) >= 11 is 0. The lowest BCUT2D eigenvalue weighted by Crippen LogP contribution is -1.99. The van der Waals surface area contributed by atoms with E-state index < -0.39 is 0 Å². The summed E-state index contributed by atoms with van der Waals surface area (Å²) in [5.74, 6) is 0. The molecule has 0 aromatic rings. The molecule has 1 unspecified atom stereocenters. The molecule has 0 aromatic heterocycles. The van der Waals surface area contributed by atoms with Crippen LogP contribution in [0.4, 0.5) is 0 Å². The summed E-state index contributed by atoms with van der Waals surface area (Å²) in [7, 11) is 0. The molecule has 0 rings (SSSR count). The van der Waals surface area contributed by atoms with E-state index in [1.807, 2.05) is 6.92 Å². The maximum absolute atomic E-state index is 9.07. The topological polar surface area (TPSA) is 40.5 Å². The second-order valence-electron chi connectivity index (χ2n) is 2.08. The van der Waals surface area contributed by atoms with Gasteiger partial charge in [-0.2, -0.15) is 0 Å². The number of aliphatic hydroxyl groups is 2. The minimum absolute atomic E-state index is 0.374. The summed E-state index contributed by atoms with van der Waals surface area (Å²) in [4.78, 5) is 0. The predicted molar refractivity (Wildman–Crippen MR) is 41.8 cm³/mol. The highest BCUT2D eigenvalue weighted by atomic mass is 16.3. The van der Waals surface area contributed by atoms with Gasteiger partial charge in [0.15, 0.2) is 0 Å². The molecular weight excluding hydrogens is 128 g/mol. The molecule has 0 fully saturated rings. The van der Waals surface area contributed by atoms with Gasteiger partial charge in [-0.1, -0.05) is 25.5 Å². The van der Waals surface area contributed by atoms with Crippen molar-refractivity contribution in [3.63, 3.8) is 0 Å². The Morgan fingerprint density at radius 1 is 1.40 bits per heavy atom. The average Bonchev–Trinajstić information content (AvgIpc) is 1.89. The van der Waals surface area contributed by atoms with Crippen LogP contribution in [-0.2, 0) is 0 Å². The van der Waals surface area contributed by atoms with Crippen LogP contribution in [0.3, 0.4) is 0 Å². The molecule has 58 valence electrons. The Kier molecular flexibility index (Phi) is 5.88. The maximum atomic E-state index is 9.07. The minimum Gasteiger partial charge on any atom is -0.516 e. The second-order valence-corrected chi connectivity index (χ2v) is 2.08. The van der Waals surface area contributed by atoms with Crippen molar-refractivity contribution in [1.29, 1.82) is 0 Å². The zero-order valence-corrected chi connectivity index (χ0v) is 6.20. The van der Waals surface area contributed by atoms with Gasteiger partial charge in [0.2, 0.25) is 0 Å². The molecule has 0 radical (unpaired) electrons. The smallest absolute Gasteiger partial charge is 0.0791 e. The fourth-order valence-corrected chi connectivity index (χ4v) is 0.634. The maximum Gasteiger partial charge on any atom is 0.0791 e. The molecule has 0 aliphatic heterocycles. The number of hydrogen-bond acceptors (Lipinski definition) is 2. The molecule has 0 aliphatic carbocycles. The molecule has 0 bridgehead atoms. The van der Waals surface area contributed by atoms with Gasteiger partial charge >= 0.3 is 0 Å². The molecule has 10 heavy (non-hydrogen) atoms. The first-order valence-corrected chi connectivity index (χ1v) is 3.47. The van der Waals surface area contributed by atoms with Crippen LogP contribution in [0.15, 0.2) is 24.5 Å². The van der Waals surface area contributed by atoms with Gasteiger partial charge in [0, 0.05) is 0 Å². The van der Waals surface area contributed by atoms with Crippen LogP contribution in [0.25, 0.3) is 0 Å². The second kappa shape index (κ2) is 6.36. The van der Waals surface area contributed by atoms with Crippen molar-refractivity contribution in [2.75, 3.05) is 0 Å². The summed E-state index contributed by atoms with van der Waals surface area (Å²) in [5.41, 5.74) is 0. The van der Waals surface area contributed by atoms with Crippen molar-refractivity contribution in [1.82, 2.24) is 0 Å². The highest BCUT2D eigenvalue weighted by Crippen LogP contribution is 1.96. The molecule has 2 nitrogen and oxygen atoms in total. The molecule has 0 aliphatic rings. The largest absolute Gasteiger partial charge is 0.516 e. The Hall–Kier alpha value is -0.760. The first-order chi connectivity index (χ1) is 4.81. The first-order valence-electron chi connectivity index (χ1n) is 3.47. The van der Waals surface area contributed by atoms with Crippen LogP contribution in [0.2, 0.25) is 0 Å². The number of aliphatic hydroxyl groups excluding tert-OH is 2. The van der Waals surface area contributed by atoms with Crippen molar-refractivity contribution >= 4 is 0 Å². The Balaban J connectivity index is 3.44. The Bertz CT molecular complexity index is 116. The van der Waals surface area contributed by atoms with Crippen molar-refractivity contribution in [2.45, 2.75) is 25.9 Å². The third-order valence-corrected chi connectivity index (χ3v) is 1.11. The molecule has 0 heterocycles. The van der Waals surface area contributed by atoms with Crippen molar-refractivity contribution < 1.29 is 10.2 Å². The van der Waals surface area contributed by atoms with Crippen molar-refractivity contribution in [3.05, 3.63) is 24.5 Å². The van der Waals surface area contributed by atoms with Gasteiger partial charge in [-0.05, 0) is 12.5 Å². The van der Waals surface area contributed by atoms with Gasteiger partial charge < -0.3 is 10.2 Å². The van der Waals surface area contributed by atoms with E-state index in [0.29, 0.717) is 0 Å². The fourth-order valence-electron chi connectivity index (χ4n) is 0.634. The van der Waals surface area contributed by atoms with Crippen LogP contribution in [-0.4, -0.2) is 16.3 Å². The third-order valence-electron chi connectivity index (χ3n) is 1.11. The summed E-state index contributed by atoms with van der Waals surface area (Å²) < 4.78 is 0. The van der Waals surface area contributed by atoms with E-state index >= 15 is 0 Å². The summed E-state index contributed by atoms with van der Waals surface area (Å²) in [5, 5.41) is 17.3. The zero-order valence-electron chi connectivity index (χ0n) is 6.20. The molecule has 0 spiro atoms. The number of hydrogen-bond donors (Lipinski definition) is 2. The average molecular weight is 142 g/mol. The van der Waals surface area contributed by atoms with E-state index in [0.717, 1.165) is 19.1 Å². The Labute approximate surface area is 61.5 Å². The van der Waals surface area contributed by atoms with Gasteiger partial charge in [-0.15, -0.1) is 0 Å². The molecule has 0 aromatic carbocycles. The van der Waals surface area contributed by atoms with Crippen LogP contribution in [0, 0.1) is 0 Å². The van der Waals surface area contributed by atoms with Gasteiger partial charge in [-0.3, -0.25) is 0 Å². The molecule has 0 amide bonds. The van der Waals surface area contributed by atoms with Crippen LogP contribution in [0.5, 0.6) is 0 Å². The van der Waals surface area contributed by atoms with Crippen molar-refractivity contribution in [2.24, 2.45) is 0 Å². The van der Waals surface area contributed by atoms with Gasteiger partial charge in [-0.25, -0.2) is 0 Å². The fraction of sp³-hybridized carbons (Fsp3) is 0.500. The SMILES string of the molecule is CCCC(O)/C=C/C=C/O. The molecule has 0 saturated heterocycles. The number of allylic oxidation sites excluding steroid dienone is 2. The highest BCUT2D eigenvalue weighted by Gasteiger charge is 1.92. The normalized spacial score (nSPS) is 15.0. The molecule has 2 heteroatoms. The van der Waals surface area contributed by atoms with E-state index in [1.54, 1.807) is 12.2 Å². The van der Waals surface area contributed by atoms with E-state index in [-0.39, 0.29) is 6.10 Å². The van der Waals surface area contributed by atoms with Gasteiger partial charge in [0.05, 0.1) is 12.4 Å². The van der Waals surface area contributed by atoms with E-state index in [9.17, 15) is 0 Å². The quantitative estimate of drug-likeness (QED) is 0.464. The van der Waals surface area contributed by atoms with Crippen LogP contribution in [0.1, 0.15) is 19.8 Å². The first kappa shape index (κ1) is 9.24. The lowest BCUT2D eigenvalue weighted by atomic mass is 10.2. The molecular formula is C8H14O2. The van der Waals surface area contributed by atoms with Gasteiger partial charge in [0.25, 0.3) is 0 Å². The molecule has 0 saturated carbocycles. The monoisotopic (exact) mass is 142 g/mol. The lowest BCUT2D eigenvalue weighted by molar-refractivity contribution is 0.211. The standard InChI is InChI=1S/C8H14O2/c1-2-5-8(10)6-3-4-7-9/h3-4,6-10H,2,5H2,1H3/b6-3+,7-4+. The summed E-state index contributed by atoms with van der Waals surface area (Å²) in [6, 6.07) is 0. The highest BCUT2D eigenvalue weighted by molar-refractivity contribution is 5.01. The van der Waals surface area contributed by atoms with E-state index in [4.69, 9.17) is 10.2 Å². The summed E-state index contributed by atoms with van der Waals surface area (Å²) in [6.07, 6.45) is 7.05. The van der Waals surface area contributed by atoms with Crippen LogP contribution >= 0.6 is 0 Å². The van der Waals surface area contributed by atoms with Gasteiger partial charge in [0.1, 0.15) is 0 Å². The third kappa shape index (κ3) is 5.38. The Morgan fingerprint density at radius 3 is 2.60 bits per heavy atom. The van der Waals surface area contributed by atoms with E-state index in [2.05, 4.69) is 0 Å². The predicted octanol–water partition coefficient (Wildman–Crippen LogP) is 1.78. The molecule has 1 atom stereocenters. The Morgan fingerprint density at radius 2 is 2.10 bits per heavy atom. The lowest BCUT2D eigenvalue weighted by Gasteiger charge is -1.99. The summed E-state index contributed by atoms with van der Waals surface area (Å²) in [6.45, 7) is 2.01. The minimum atomic E-state index is -0.374. The van der Waals surface area contributed by atoms with Crippen LogP contribution < -0.4 is 0 Å².